The molecule has 8 heteroatoms. The molecular formula is C20H20N2O5S. The normalized spacial score (nSPS) is 11.2. The molecular weight excluding hydrogens is 380 g/mol. The molecule has 0 fully saturated rings. The Balaban J connectivity index is 1.96. The molecule has 0 saturated heterocycles. The van der Waals surface area contributed by atoms with Crippen molar-refractivity contribution >= 4 is 39.7 Å². The molecule has 0 spiro atoms. The van der Waals surface area contributed by atoms with Gasteiger partial charge in [-0.05, 0) is 50.1 Å². The number of phenols is 1. The molecule has 0 bridgehead atoms. The van der Waals surface area contributed by atoms with Crippen LogP contribution in [0.25, 0.3) is 22.4 Å². The quantitative estimate of drug-likeness (QED) is 0.611. The number of aryl methyl sites for hydroxylation is 1. The van der Waals surface area contributed by atoms with Gasteiger partial charge in [-0.25, -0.2) is 9.78 Å². The third-order valence-corrected chi connectivity index (χ3v) is 5.16. The van der Waals surface area contributed by atoms with Crippen LogP contribution >= 0.6 is 11.3 Å². The number of nitrogens with zero attached hydrogens (tertiary/aromatic N) is 1. The van der Waals surface area contributed by atoms with Gasteiger partial charge in [0.15, 0.2) is 11.5 Å². The second-order valence-electron chi connectivity index (χ2n) is 5.90. The van der Waals surface area contributed by atoms with Gasteiger partial charge in [0.2, 0.25) is 0 Å². The van der Waals surface area contributed by atoms with Gasteiger partial charge in [0, 0.05) is 0 Å². The number of carbonyl (C=O) groups excluding carboxylic acids is 1. The van der Waals surface area contributed by atoms with E-state index in [4.69, 9.17) is 9.47 Å². The van der Waals surface area contributed by atoms with Crippen molar-refractivity contribution in [2.45, 2.75) is 20.8 Å². The highest BCUT2D eigenvalue weighted by Crippen LogP contribution is 2.29. The van der Waals surface area contributed by atoms with E-state index in [2.05, 4.69) is 9.97 Å². The highest BCUT2D eigenvalue weighted by molar-refractivity contribution is 7.20. The van der Waals surface area contributed by atoms with Crippen molar-refractivity contribution in [1.29, 1.82) is 0 Å². The monoisotopic (exact) mass is 400 g/mol. The van der Waals surface area contributed by atoms with E-state index in [9.17, 15) is 14.7 Å². The number of rotatable bonds is 6. The minimum atomic E-state index is -0.452. The van der Waals surface area contributed by atoms with Crippen molar-refractivity contribution in [1.82, 2.24) is 9.97 Å². The van der Waals surface area contributed by atoms with E-state index in [1.54, 1.807) is 38.1 Å². The van der Waals surface area contributed by atoms with Gasteiger partial charge in [-0.2, -0.15) is 0 Å². The first-order valence-corrected chi connectivity index (χ1v) is 9.60. The zero-order valence-corrected chi connectivity index (χ0v) is 16.6. The van der Waals surface area contributed by atoms with Crippen LogP contribution in [0.1, 0.15) is 40.5 Å². The van der Waals surface area contributed by atoms with Crippen LogP contribution in [-0.2, 0) is 4.74 Å². The summed E-state index contributed by atoms with van der Waals surface area (Å²) >= 11 is 1.14. The number of carbonyl (C=O) groups is 1. The lowest BCUT2D eigenvalue weighted by atomic mass is 10.2. The molecule has 0 unspecified atom stereocenters. The molecule has 2 heterocycles. The minimum absolute atomic E-state index is 0.0625. The smallest absolute Gasteiger partial charge is 0.348 e. The summed E-state index contributed by atoms with van der Waals surface area (Å²) < 4.78 is 10.4. The number of esters is 1. The van der Waals surface area contributed by atoms with Crippen LogP contribution in [0.15, 0.2) is 23.0 Å². The summed E-state index contributed by atoms with van der Waals surface area (Å²) in [5.41, 5.74) is 1.04. The van der Waals surface area contributed by atoms with Gasteiger partial charge in [-0.3, -0.25) is 4.79 Å². The second kappa shape index (κ2) is 8.26. The average molecular weight is 400 g/mol. The molecule has 3 rings (SSSR count). The number of fused-ring (bicyclic) bond motifs is 1. The molecule has 2 aromatic heterocycles. The Bertz CT molecular complexity index is 1110. The van der Waals surface area contributed by atoms with E-state index in [0.29, 0.717) is 38.8 Å². The summed E-state index contributed by atoms with van der Waals surface area (Å²) in [7, 11) is 0. The molecule has 2 N–H and O–H groups in total. The Labute approximate surface area is 165 Å². The van der Waals surface area contributed by atoms with Crippen LogP contribution in [0.4, 0.5) is 0 Å². The van der Waals surface area contributed by atoms with Crippen molar-refractivity contribution in [3.8, 4) is 11.5 Å². The molecule has 1 aromatic carbocycles. The zero-order valence-electron chi connectivity index (χ0n) is 15.7. The van der Waals surface area contributed by atoms with Crippen molar-refractivity contribution in [2.24, 2.45) is 0 Å². The standard InChI is InChI=1S/C20H20N2O5S/c1-4-26-14-10-12(6-8-13(14)23)7-9-15-21-18(24)16-11(3)17(20(25)27-5-2)28-19(16)22-15/h6-10,23H,4-5H2,1-3H3,(H,21,22,24)/b9-7+. The first-order valence-electron chi connectivity index (χ1n) is 8.79. The fourth-order valence-electron chi connectivity index (χ4n) is 2.71. The van der Waals surface area contributed by atoms with Gasteiger partial charge < -0.3 is 19.6 Å². The number of ether oxygens (including phenoxy) is 2. The minimum Gasteiger partial charge on any atom is -0.504 e. The predicted octanol–water partition coefficient (Wildman–Crippen LogP) is 3.74. The van der Waals surface area contributed by atoms with E-state index in [1.807, 2.05) is 6.92 Å². The van der Waals surface area contributed by atoms with E-state index in [0.717, 1.165) is 16.9 Å². The molecule has 0 atom stereocenters. The Kier molecular flexibility index (Phi) is 5.79. The lowest BCUT2D eigenvalue weighted by molar-refractivity contribution is 0.0531. The Morgan fingerprint density at radius 2 is 2.07 bits per heavy atom. The predicted molar refractivity (Wildman–Crippen MR) is 109 cm³/mol. The van der Waals surface area contributed by atoms with E-state index in [-0.39, 0.29) is 17.9 Å². The average Bonchev–Trinajstić information content (AvgIpc) is 3.00. The highest BCUT2D eigenvalue weighted by atomic mass is 32.1. The molecule has 0 aliphatic rings. The molecule has 28 heavy (non-hydrogen) atoms. The maximum absolute atomic E-state index is 12.5. The molecule has 0 radical (unpaired) electrons. The van der Waals surface area contributed by atoms with Crippen molar-refractivity contribution in [2.75, 3.05) is 13.2 Å². The summed E-state index contributed by atoms with van der Waals surface area (Å²) in [4.78, 5) is 32.6. The number of hydrogen-bond donors (Lipinski definition) is 2. The summed E-state index contributed by atoms with van der Waals surface area (Å²) in [6.07, 6.45) is 3.40. The van der Waals surface area contributed by atoms with Crippen molar-refractivity contribution in [3.63, 3.8) is 0 Å². The van der Waals surface area contributed by atoms with Gasteiger partial charge in [-0.1, -0.05) is 12.1 Å². The Hall–Kier alpha value is -3.13. The number of aromatic hydroxyl groups is 1. The van der Waals surface area contributed by atoms with Gasteiger partial charge >= 0.3 is 5.97 Å². The summed E-state index contributed by atoms with van der Waals surface area (Å²) in [5.74, 6) is 0.356. The van der Waals surface area contributed by atoms with E-state index >= 15 is 0 Å². The SMILES string of the molecule is CCOC(=O)c1sc2nc(/C=C/c3ccc(O)c(OCC)c3)[nH]c(=O)c2c1C. The van der Waals surface area contributed by atoms with Gasteiger partial charge in [0.05, 0.1) is 18.6 Å². The first kappa shape index (κ1) is 19.6. The molecule has 0 amide bonds. The number of benzene rings is 1. The summed E-state index contributed by atoms with van der Waals surface area (Å²) in [6, 6.07) is 4.96. The van der Waals surface area contributed by atoms with E-state index < -0.39 is 5.97 Å². The third kappa shape index (κ3) is 3.91. The first-order chi connectivity index (χ1) is 13.4. The highest BCUT2D eigenvalue weighted by Gasteiger charge is 2.19. The van der Waals surface area contributed by atoms with Crippen LogP contribution in [0.3, 0.4) is 0 Å². The maximum Gasteiger partial charge on any atom is 0.348 e. The topological polar surface area (TPSA) is 102 Å². The molecule has 0 saturated carbocycles. The number of H-pyrrole nitrogens is 1. The Morgan fingerprint density at radius 3 is 2.79 bits per heavy atom. The zero-order chi connectivity index (χ0) is 20.3. The maximum atomic E-state index is 12.5. The van der Waals surface area contributed by atoms with Gasteiger partial charge in [-0.15, -0.1) is 11.3 Å². The largest absolute Gasteiger partial charge is 0.504 e. The number of hydrogen-bond acceptors (Lipinski definition) is 7. The van der Waals surface area contributed by atoms with Crippen LogP contribution < -0.4 is 10.3 Å². The summed E-state index contributed by atoms with van der Waals surface area (Å²) in [6.45, 7) is 5.98. The van der Waals surface area contributed by atoms with Crippen molar-refractivity contribution in [3.05, 3.63) is 50.4 Å². The molecule has 7 nitrogen and oxygen atoms in total. The third-order valence-electron chi connectivity index (χ3n) is 4.00. The molecule has 0 aliphatic carbocycles. The van der Waals surface area contributed by atoms with Crippen LogP contribution in [0.5, 0.6) is 11.5 Å². The second-order valence-corrected chi connectivity index (χ2v) is 6.90. The van der Waals surface area contributed by atoms with E-state index in [1.165, 1.54) is 6.07 Å². The number of aromatic nitrogens is 2. The molecule has 3 aromatic rings. The fourth-order valence-corrected chi connectivity index (χ4v) is 3.79. The number of thiophene rings is 1. The molecule has 146 valence electrons. The van der Waals surface area contributed by atoms with Crippen molar-refractivity contribution < 1.29 is 19.4 Å². The van der Waals surface area contributed by atoms with Gasteiger partial charge in [0.1, 0.15) is 15.5 Å². The van der Waals surface area contributed by atoms with Crippen LogP contribution in [0.2, 0.25) is 0 Å². The lowest BCUT2D eigenvalue weighted by Gasteiger charge is -2.06. The number of phenolic OH excluding ortho intramolecular Hbond substituents is 1. The lowest BCUT2D eigenvalue weighted by Crippen LogP contribution is -2.10. The molecule has 0 aliphatic heterocycles. The number of aromatic amines is 1. The van der Waals surface area contributed by atoms with Crippen LogP contribution in [-0.4, -0.2) is 34.3 Å². The Morgan fingerprint density at radius 1 is 1.29 bits per heavy atom. The van der Waals surface area contributed by atoms with Gasteiger partial charge in [0.25, 0.3) is 5.56 Å². The van der Waals surface area contributed by atoms with Crippen LogP contribution in [0, 0.1) is 6.92 Å². The number of nitrogens with one attached hydrogen (secondary N) is 1. The summed E-state index contributed by atoms with van der Waals surface area (Å²) in [5, 5.41) is 10.2. The fraction of sp³-hybridized carbons (Fsp3) is 0.250.